The van der Waals surface area contributed by atoms with Gasteiger partial charge in [0.05, 0.1) is 16.6 Å². The zero-order valence-corrected chi connectivity index (χ0v) is 28.3. The third-order valence-corrected chi connectivity index (χ3v) is 11.6. The van der Waals surface area contributed by atoms with Crippen LogP contribution < -0.4 is 0 Å². The molecule has 6 aromatic rings. The first kappa shape index (κ1) is 31.0. The Morgan fingerprint density at radius 2 is 1.43 bits per heavy atom. The Bertz CT molecular complexity index is 1800. The minimum atomic E-state index is -0.217. The number of unbranched alkanes of at least 4 members (excludes halogenated alkanes) is 3. The lowest BCUT2D eigenvalue weighted by atomic mass is 9.92. The first-order chi connectivity index (χ1) is 21.6. The van der Waals surface area contributed by atoms with E-state index < -0.39 is 0 Å². The Hall–Kier alpha value is -3.00. The minimum Gasteiger partial charge on any atom is -0.252 e. The maximum absolute atomic E-state index is 15.5. The molecule has 0 aliphatic heterocycles. The minimum absolute atomic E-state index is 0.217. The standard InChI is InChI=1S/C37H40FN3S3/c1-4-7-9-11-25-14-17-27(18-15-25)31-21-32-33(42-31)22-34(43-32)36-37-35(40-44-41-37)29(23-39-36)28-19-16-26(20-30(28)38)13-12-24(6-3)10-8-5-2/h14-24H,4-13H2,1-3H3. The van der Waals surface area contributed by atoms with Gasteiger partial charge in [-0.05, 0) is 66.5 Å². The number of hydrogen-bond acceptors (Lipinski definition) is 6. The van der Waals surface area contributed by atoms with Crippen LogP contribution in [-0.2, 0) is 12.8 Å². The van der Waals surface area contributed by atoms with Crippen LogP contribution in [0.1, 0.15) is 83.3 Å². The fraction of sp³-hybridized carbons (Fsp3) is 0.378. The van der Waals surface area contributed by atoms with E-state index in [1.54, 1.807) is 23.6 Å². The van der Waals surface area contributed by atoms with Gasteiger partial charge in [0.1, 0.15) is 22.5 Å². The summed E-state index contributed by atoms with van der Waals surface area (Å²) in [5.74, 6) is 0.493. The number of halogens is 1. The van der Waals surface area contributed by atoms with Gasteiger partial charge in [-0.1, -0.05) is 95.7 Å². The lowest BCUT2D eigenvalue weighted by Crippen LogP contribution is -2.01. The topological polar surface area (TPSA) is 38.7 Å². The molecule has 1 atom stereocenters. The third-order valence-electron chi connectivity index (χ3n) is 8.75. The Labute approximate surface area is 272 Å². The number of hydrogen-bond donors (Lipinski definition) is 0. The molecule has 0 bridgehead atoms. The molecule has 1 unspecified atom stereocenters. The van der Waals surface area contributed by atoms with Crippen molar-refractivity contribution in [3.63, 3.8) is 0 Å². The van der Waals surface area contributed by atoms with E-state index in [0.29, 0.717) is 22.6 Å². The van der Waals surface area contributed by atoms with Gasteiger partial charge in [-0.2, -0.15) is 8.75 Å². The van der Waals surface area contributed by atoms with Gasteiger partial charge in [0.2, 0.25) is 0 Å². The predicted molar refractivity (Wildman–Crippen MR) is 190 cm³/mol. The van der Waals surface area contributed by atoms with Crippen LogP contribution in [0, 0.1) is 11.7 Å². The molecule has 0 saturated heterocycles. The molecular weight excluding hydrogens is 602 g/mol. The number of fused-ring (bicyclic) bond motifs is 2. The first-order valence-electron chi connectivity index (χ1n) is 16.1. The first-order valence-corrected chi connectivity index (χ1v) is 18.5. The lowest BCUT2D eigenvalue weighted by Gasteiger charge is -2.14. The molecule has 0 saturated carbocycles. The zero-order valence-electron chi connectivity index (χ0n) is 25.9. The van der Waals surface area contributed by atoms with E-state index in [9.17, 15) is 0 Å². The number of rotatable bonds is 14. The van der Waals surface area contributed by atoms with Gasteiger partial charge in [-0.3, -0.25) is 4.98 Å². The third kappa shape index (κ3) is 6.80. The summed E-state index contributed by atoms with van der Waals surface area (Å²) in [6.07, 6.45) is 13.7. The number of thiophene rings is 2. The number of pyridine rings is 1. The highest BCUT2D eigenvalue weighted by Gasteiger charge is 2.20. The van der Waals surface area contributed by atoms with Gasteiger partial charge in [-0.15, -0.1) is 22.7 Å². The second-order valence-electron chi connectivity index (χ2n) is 11.9. The molecule has 4 heterocycles. The van der Waals surface area contributed by atoms with E-state index in [2.05, 4.69) is 72.0 Å². The molecule has 0 aliphatic rings. The fourth-order valence-corrected chi connectivity index (χ4v) is 8.97. The predicted octanol–water partition coefficient (Wildman–Crippen LogP) is 12.4. The van der Waals surface area contributed by atoms with Crippen molar-refractivity contribution in [1.29, 1.82) is 0 Å². The lowest BCUT2D eigenvalue weighted by molar-refractivity contribution is 0.421. The molecule has 44 heavy (non-hydrogen) atoms. The summed E-state index contributed by atoms with van der Waals surface area (Å²) in [6.45, 7) is 6.75. The van der Waals surface area contributed by atoms with Gasteiger partial charge < -0.3 is 0 Å². The van der Waals surface area contributed by atoms with Crippen LogP contribution in [0.25, 0.3) is 52.6 Å². The van der Waals surface area contributed by atoms with E-state index in [-0.39, 0.29) is 5.82 Å². The van der Waals surface area contributed by atoms with Crippen molar-refractivity contribution in [3.8, 4) is 32.1 Å². The smallest absolute Gasteiger partial charge is 0.132 e. The van der Waals surface area contributed by atoms with Crippen LogP contribution >= 0.6 is 34.4 Å². The maximum Gasteiger partial charge on any atom is 0.132 e. The van der Waals surface area contributed by atoms with Crippen LogP contribution in [0.4, 0.5) is 4.39 Å². The van der Waals surface area contributed by atoms with Gasteiger partial charge >= 0.3 is 0 Å². The van der Waals surface area contributed by atoms with Crippen molar-refractivity contribution in [2.45, 2.75) is 85.0 Å². The van der Waals surface area contributed by atoms with E-state index in [1.165, 1.54) is 70.3 Å². The van der Waals surface area contributed by atoms with Crippen molar-refractivity contribution in [2.75, 3.05) is 0 Å². The highest BCUT2D eigenvalue weighted by Crippen LogP contribution is 2.43. The molecule has 228 valence electrons. The zero-order chi connectivity index (χ0) is 30.5. The summed E-state index contributed by atoms with van der Waals surface area (Å²) in [4.78, 5) is 7.19. The summed E-state index contributed by atoms with van der Waals surface area (Å²) in [7, 11) is 0. The summed E-state index contributed by atoms with van der Waals surface area (Å²) < 4.78 is 27.2. The summed E-state index contributed by atoms with van der Waals surface area (Å²) >= 11 is 4.71. The molecule has 6 rings (SSSR count). The molecule has 0 spiro atoms. The van der Waals surface area contributed by atoms with Crippen LogP contribution in [-0.4, -0.2) is 13.7 Å². The largest absolute Gasteiger partial charge is 0.252 e. The molecule has 4 aromatic heterocycles. The monoisotopic (exact) mass is 641 g/mol. The van der Waals surface area contributed by atoms with Crippen LogP contribution in [0.3, 0.4) is 0 Å². The second-order valence-corrected chi connectivity index (χ2v) is 14.6. The molecule has 2 aromatic carbocycles. The molecule has 0 N–H and O–H groups in total. The maximum atomic E-state index is 15.5. The van der Waals surface area contributed by atoms with E-state index in [1.807, 2.05) is 17.4 Å². The quantitative estimate of drug-likeness (QED) is 0.111. The molecule has 0 fully saturated rings. The SMILES string of the molecule is CCCCCc1ccc(-c2cc3sc(-c4ncc(-c5ccc(CCC(CC)CCCC)cc5F)c5nsnc45)cc3s2)cc1. The highest BCUT2D eigenvalue weighted by atomic mass is 32.1. The van der Waals surface area contributed by atoms with Crippen molar-refractivity contribution < 1.29 is 4.39 Å². The summed E-state index contributed by atoms with van der Waals surface area (Å²) in [6, 6.07) is 19.2. The average Bonchev–Trinajstić information content (AvgIpc) is 3.78. The number of aromatic nitrogens is 3. The molecular formula is C37H40FN3S3. The number of benzene rings is 2. The highest BCUT2D eigenvalue weighted by molar-refractivity contribution is 7.31. The second kappa shape index (κ2) is 14.4. The van der Waals surface area contributed by atoms with Crippen molar-refractivity contribution in [3.05, 3.63) is 77.7 Å². The molecule has 7 heteroatoms. The Morgan fingerprint density at radius 3 is 2.18 bits per heavy atom. The van der Waals surface area contributed by atoms with Crippen LogP contribution in [0.2, 0.25) is 0 Å². The van der Waals surface area contributed by atoms with Crippen LogP contribution in [0.15, 0.2) is 60.8 Å². The Kier molecular flexibility index (Phi) is 10.1. The van der Waals surface area contributed by atoms with Gasteiger partial charge in [0, 0.05) is 31.6 Å². The average molecular weight is 642 g/mol. The van der Waals surface area contributed by atoms with Gasteiger partial charge in [0.15, 0.2) is 0 Å². The fourth-order valence-electron chi connectivity index (χ4n) is 6.01. The summed E-state index contributed by atoms with van der Waals surface area (Å²) in [5, 5.41) is 0. The molecule has 0 radical (unpaired) electrons. The Morgan fingerprint density at radius 1 is 0.705 bits per heavy atom. The molecule has 0 aliphatic carbocycles. The van der Waals surface area contributed by atoms with Crippen LogP contribution in [0.5, 0.6) is 0 Å². The van der Waals surface area contributed by atoms with Gasteiger partial charge in [-0.25, -0.2) is 4.39 Å². The van der Waals surface area contributed by atoms with Gasteiger partial charge in [0.25, 0.3) is 0 Å². The van der Waals surface area contributed by atoms with E-state index >= 15 is 4.39 Å². The van der Waals surface area contributed by atoms with Crippen molar-refractivity contribution >= 4 is 54.8 Å². The van der Waals surface area contributed by atoms with E-state index in [4.69, 9.17) is 4.98 Å². The molecule has 0 amide bonds. The van der Waals surface area contributed by atoms with Crippen molar-refractivity contribution in [1.82, 2.24) is 13.7 Å². The number of nitrogens with zero attached hydrogens (tertiary/aromatic N) is 3. The summed E-state index contributed by atoms with van der Waals surface area (Å²) in [5.41, 5.74) is 7.25. The number of aryl methyl sites for hydroxylation is 2. The normalized spacial score (nSPS) is 12.5. The Balaban J connectivity index is 1.21. The molecule has 3 nitrogen and oxygen atoms in total. The van der Waals surface area contributed by atoms with Crippen molar-refractivity contribution in [2.24, 2.45) is 5.92 Å². The van der Waals surface area contributed by atoms with E-state index in [0.717, 1.165) is 52.6 Å².